The van der Waals surface area contributed by atoms with E-state index in [4.69, 9.17) is 5.73 Å². The molecule has 0 radical (unpaired) electrons. The minimum absolute atomic E-state index is 0. The Kier molecular flexibility index (Phi) is 4.23. The van der Waals surface area contributed by atoms with Crippen LogP contribution in [0.25, 0.3) is 0 Å². The molecule has 1 aliphatic rings. The molecule has 0 aromatic heterocycles. The van der Waals surface area contributed by atoms with Crippen molar-refractivity contribution >= 4 is 18.1 Å². The number of hydrogen-bond donors (Lipinski definition) is 1. The van der Waals surface area contributed by atoms with Crippen LogP contribution in [0.5, 0.6) is 0 Å². The molecule has 2 nitrogen and oxygen atoms in total. The van der Waals surface area contributed by atoms with Crippen LogP contribution in [0.1, 0.15) is 12.8 Å². The van der Waals surface area contributed by atoms with Gasteiger partial charge in [0.1, 0.15) is 0 Å². The maximum Gasteiger partial charge on any atom is 0.0366 e. The lowest BCUT2D eigenvalue weighted by Crippen LogP contribution is -2.42. The highest BCUT2D eigenvalue weighted by Gasteiger charge is 2.16. The van der Waals surface area contributed by atoms with E-state index in [9.17, 15) is 0 Å². The van der Waals surface area contributed by atoms with E-state index in [1.54, 1.807) is 0 Å². The van der Waals surface area contributed by atoms with Gasteiger partial charge in [0, 0.05) is 24.8 Å². The van der Waals surface area contributed by atoms with Gasteiger partial charge in [0.05, 0.1) is 0 Å². The van der Waals surface area contributed by atoms with E-state index in [-0.39, 0.29) is 12.4 Å². The Morgan fingerprint density at radius 2 is 1.93 bits per heavy atom. The lowest BCUT2D eigenvalue weighted by Gasteiger charge is -2.32. The number of benzene rings is 1. The average molecular weight is 213 g/mol. The zero-order valence-electron chi connectivity index (χ0n) is 8.23. The number of nitrogens with two attached hydrogens (primary N) is 1. The van der Waals surface area contributed by atoms with E-state index >= 15 is 0 Å². The normalized spacial score (nSPS) is 21.5. The van der Waals surface area contributed by atoms with Crippen molar-refractivity contribution in [2.75, 3.05) is 18.0 Å². The Labute approximate surface area is 91.5 Å². The summed E-state index contributed by atoms with van der Waals surface area (Å²) in [6.45, 7) is 2.15. The van der Waals surface area contributed by atoms with Crippen LogP contribution in [0.3, 0.4) is 0 Å². The van der Waals surface area contributed by atoms with Gasteiger partial charge in [-0.2, -0.15) is 0 Å². The van der Waals surface area contributed by atoms with Crippen LogP contribution in [0.2, 0.25) is 0 Å². The minimum atomic E-state index is 0. The fraction of sp³-hybridized carbons (Fsp3) is 0.455. The number of piperidine rings is 1. The second kappa shape index (κ2) is 5.23. The van der Waals surface area contributed by atoms with Crippen molar-refractivity contribution in [3.05, 3.63) is 30.3 Å². The van der Waals surface area contributed by atoms with Gasteiger partial charge in [-0.1, -0.05) is 18.2 Å². The van der Waals surface area contributed by atoms with Crippen molar-refractivity contribution in [2.45, 2.75) is 18.9 Å². The summed E-state index contributed by atoms with van der Waals surface area (Å²) in [4.78, 5) is 2.37. The Morgan fingerprint density at radius 3 is 2.57 bits per heavy atom. The monoisotopic (exact) mass is 212 g/mol. The maximum absolute atomic E-state index is 5.92. The first-order chi connectivity index (χ1) is 6.36. The molecule has 78 valence electrons. The van der Waals surface area contributed by atoms with Gasteiger partial charge in [0.2, 0.25) is 0 Å². The maximum atomic E-state index is 5.92. The van der Waals surface area contributed by atoms with Crippen molar-refractivity contribution in [3.63, 3.8) is 0 Å². The molecule has 2 rings (SSSR count). The van der Waals surface area contributed by atoms with Crippen molar-refractivity contribution in [2.24, 2.45) is 5.73 Å². The molecule has 1 fully saturated rings. The third-order valence-corrected chi connectivity index (χ3v) is 2.58. The molecule has 1 saturated heterocycles. The summed E-state index contributed by atoms with van der Waals surface area (Å²) in [5.41, 5.74) is 7.22. The standard InChI is InChI=1S/C11H16N2.ClH/c12-10-5-4-8-13(9-10)11-6-2-1-3-7-11;/h1-3,6-7,10H,4-5,8-9,12H2;1H/t10-;/m1./s1. The SMILES string of the molecule is Cl.N[C@@H]1CCCN(c2ccccc2)C1. The van der Waals surface area contributed by atoms with Crippen molar-refractivity contribution in [1.29, 1.82) is 0 Å². The van der Waals surface area contributed by atoms with Crippen LogP contribution >= 0.6 is 12.4 Å². The summed E-state index contributed by atoms with van der Waals surface area (Å²) in [5, 5.41) is 0. The number of hydrogen-bond acceptors (Lipinski definition) is 2. The molecule has 0 aliphatic carbocycles. The quantitative estimate of drug-likeness (QED) is 0.772. The highest BCUT2D eigenvalue weighted by molar-refractivity contribution is 5.85. The predicted molar refractivity (Wildman–Crippen MR) is 63.1 cm³/mol. The second-order valence-electron chi connectivity index (χ2n) is 3.68. The average Bonchev–Trinajstić information content (AvgIpc) is 2.19. The number of nitrogens with zero attached hydrogens (tertiary/aromatic N) is 1. The van der Waals surface area contributed by atoms with Crippen molar-refractivity contribution in [1.82, 2.24) is 0 Å². The fourth-order valence-electron chi connectivity index (χ4n) is 1.88. The van der Waals surface area contributed by atoms with Gasteiger partial charge in [0.15, 0.2) is 0 Å². The fourth-order valence-corrected chi connectivity index (χ4v) is 1.88. The summed E-state index contributed by atoms with van der Waals surface area (Å²) in [7, 11) is 0. The van der Waals surface area contributed by atoms with E-state index in [1.165, 1.54) is 18.5 Å². The molecular formula is C11H17ClN2. The molecule has 1 aromatic carbocycles. The minimum Gasteiger partial charge on any atom is -0.370 e. The molecule has 0 unspecified atom stereocenters. The first-order valence-electron chi connectivity index (χ1n) is 4.92. The van der Waals surface area contributed by atoms with Crippen LogP contribution < -0.4 is 10.6 Å². The van der Waals surface area contributed by atoms with Crippen molar-refractivity contribution in [3.8, 4) is 0 Å². The third-order valence-electron chi connectivity index (χ3n) is 2.58. The molecule has 14 heavy (non-hydrogen) atoms. The summed E-state index contributed by atoms with van der Waals surface area (Å²) >= 11 is 0. The third kappa shape index (κ3) is 2.63. The lowest BCUT2D eigenvalue weighted by molar-refractivity contribution is 0.506. The number of para-hydroxylation sites is 1. The first kappa shape index (κ1) is 11.3. The summed E-state index contributed by atoms with van der Waals surface area (Å²) in [5.74, 6) is 0. The van der Waals surface area contributed by atoms with Gasteiger partial charge >= 0.3 is 0 Å². The van der Waals surface area contributed by atoms with Gasteiger partial charge in [-0.05, 0) is 25.0 Å². The zero-order valence-corrected chi connectivity index (χ0v) is 9.04. The van der Waals surface area contributed by atoms with E-state index < -0.39 is 0 Å². The molecule has 0 spiro atoms. The molecule has 0 amide bonds. The molecule has 1 atom stereocenters. The molecule has 1 aliphatic heterocycles. The van der Waals surface area contributed by atoms with Crippen LogP contribution in [0, 0.1) is 0 Å². The Morgan fingerprint density at radius 1 is 1.21 bits per heavy atom. The van der Waals surface area contributed by atoms with E-state index in [1.807, 2.05) is 6.07 Å². The molecule has 3 heteroatoms. The lowest BCUT2D eigenvalue weighted by atomic mass is 10.1. The Hall–Kier alpha value is -0.730. The van der Waals surface area contributed by atoms with Gasteiger partial charge in [-0.15, -0.1) is 12.4 Å². The topological polar surface area (TPSA) is 29.3 Å². The number of rotatable bonds is 1. The van der Waals surface area contributed by atoms with Crippen LogP contribution in [0.4, 0.5) is 5.69 Å². The zero-order chi connectivity index (χ0) is 9.10. The van der Waals surface area contributed by atoms with Gasteiger partial charge < -0.3 is 10.6 Å². The van der Waals surface area contributed by atoms with Gasteiger partial charge in [0.25, 0.3) is 0 Å². The highest BCUT2D eigenvalue weighted by atomic mass is 35.5. The Balaban J connectivity index is 0.000000980. The molecule has 1 heterocycles. The van der Waals surface area contributed by atoms with Crippen LogP contribution in [-0.4, -0.2) is 19.1 Å². The summed E-state index contributed by atoms with van der Waals surface area (Å²) in [6, 6.07) is 10.9. The van der Waals surface area contributed by atoms with E-state index in [0.29, 0.717) is 6.04 Å². The number of halogens is 1. The molecule has 0 saturated carbocycles. The predicted octanol–water partition coefficient (Wildman–Crippen LogP) is 2.04. The summed E-state index contributed by atoms with van der Waals surface area (Å²) < 4.78 is 0. The molecule has 0 bridgehead atoms. The molecule has 2 N–H and O–H groups in total. The summed E-state index contributed by atoms with van der Waals surface area (Å²) in [6.07, 6.45) is 2.39. The van der Waals surface area contributed by atoms with E-state index in [0.717, 1.165) is 13.1 Å². The van der Waals surface area contributed by atoms with Crippen LogP contribution in [0.15, 0.2) is 30.3 Å². The largest absolute Gasteiger partial charge is 0.370 e. The van der Waals surface area contributed by atoms with Crippen LogP contribution in [-0.2, 0) is 0 Å². The van der Waals surface area contributed by atoms with Gasteiger partial charge in [-0.3, -0.25) is 0 Å². The number of anilines is 1. The van der Waals surface area contributed by atoms with E-state index in [2.05, 4.69) is 29.2 Å². The second-order valence-corrected chi connectivity index (χ2v) is 3.68. The molecule has 1 aromatic rings. The molecular weight excluding hydrogens is 196 g/mol. The highest BCUT2D eigenvalue weighted by Crippen LogP contribution is 2.18. The Bertz CT molecular complexity index is 263. The van der Waals surface area contributed by atoms with Crippen molar-refractivity contribution < 1.29 is 0 Å². The smallest absolute Gasteiger partial charge is 0.0366 e. The first-order valence-corrected chi connectivity index (χ1v) is 4.92. The van der Waals surface area contributed by atoms with Gasteiger partial charge in [-0.25, -0.2) is 0 Å².